The fourth-order valence-electron chi connectivity index (χ4n) is 1.39. The third kappa shape index (κ3) is 1.47. The van der Waals surface area contributed by atoms with Gasteiger partial charge in [0.25, 0.3) is 0 Å². The van der Waals surface area contributed by atoms with Gasteiger partial charge in [-0.05, 0) is 25.1 Å². The lowest BCUT2D eigenvalue weighted by Crippen LogP contribution is -2.18. The molecule has 1 aliphatic rings. The monoisotopic (exact) mass is 219 g/mol. The van der Waals surface area contributed by atoms with Crippen LogP contribution in [0.5, 0.6) is 0 Å². The summed E-state index contributed by atoms with van der Waals surface area (Å²) in [6.07, 6.45) is 1.58. The first kappa shape index (κ1) is 9.76. The van der Waals surface area contributed by atoms with Gasteiger partial charge in [0.15, 0.2) is 4.77 Å². The second kappa shape index (κ2) is 3.12. The molecule has 2 rings (SSSR count). The van der Waals surface area contributed by atoms with Gasteiger partial charge < -0.3 is 0 Å². The molecule has 3 nitrogen and oxygen atoms in total. The molecule has 0 atom stereocenters. The molecule has 1 aromatic rings. The van der Waals surface area contributed by atoms with E-state index in [4.69, 9.17) is 12.2 Å². The van der Waals surface area contributed by atoms with Crippen LogP contribution in [0.1, 0.15) is 38.1 Å². The Kier molecular flexibility index (Phi) is 2.17. The minimum Gasteiger partial charge on any atom is -0.296 e. The molecule has 0 unspecified atom stereocenters. The molecule has 14 heavy (non-hydrogen) atoms. The van der Waals surface area contributed by atoms with Crippen molar-refractivity contribution in [1.29, 1.82) is 0 Å². The Bertz CT molecular complexity index is 392. The normalized spacial score (nSPS) is 17.4. The molecule has 78 valence electrons. The summed E-state index contributed by atoms with van der Waals surface area (Å²) in [5.74, 6) is -3.09. The van der Waals surface area contributed by atoms with E-state index in [0.29, 0.717) is 4.77 Å². The van der Waals surface area contributed by atoms with Gasteiger partial charge in [-0.3, -0.25) is 9.67 Å². The maximum Gasteiger partial charge on any atom is 0.306 e. The molecule has 1 heterocycles. The van der Waals surface area contributed by atoms with Crippen LogP contribution in [0.3, 0.4) is 0 Å². The van der Waals surface area contributed by atoms with Gasteiger partial charge in [0.2, 0.25) is 5.82 Å². The highest BCUT2D eigenvalue weighted by Gasteiger charge is 2.39. The fraction of sp³-hybridized carbons (Fsp3) is 0.750. The van der Waals surface area contributed by atoms with Gasteiger partial charge in [0, 0.05) is 12.5 Å². The van der Waals surface area contributed by atoms with Crippen molar-refractivity contribution in [3.8, 4) is 0 Å². The van der Waals surface area contributed by atoms with Crippen LogP contribution in [0, 0.1) is 4.77 Å². The van der Waals surface area contributed by atoms with Crippen molar-refractivity contribution in [1.82, 2.24) is 14.8 Å². The van der Waals surface area contributed by atoms with E-state index in [0.717, 1.165) is 12.8 Å². The van der Waals surface area contributed by atoms with Crippen LogP contribution in [-0.4, -0.2) is 14.8 Å². The smallest absolute Gasteiger partial charge is 0.296 e. The molecule has 0 spiro atoms. The standard InChI is InChI=1S/C8H11F2N3S/c1-2-8(9,10)6-11-12-7(14)13(6)5-3-4-5/h5H,2-4H2,1H3,(H,12,14). The topological polar surface area (TPSA) is 33.6 Å². The first-order valence-electron chi connectivity index (χ1n) is 4.61. The Morgan fingerprint density at radius 3 is 2.79 bits per heavy atom. The van der Waals surface area contributed by atoms with Gasteiger partial charge in [-0.2, -0.15) is 13.9 Å². The number of aromatic amines is 1. The first-order chi connectivity index (χ1) is 6.56. The molecule has 1 aromatic heterocycles. The molecule has 6 heteroatoms. The Morgan fingerprint density at radius 1 is 1.64 bits per heavy atom. The minimum absolute atomic E-state index is 0.133. The maximum absolute atomic E-state index is 13.4. The van der Waals surface area contributed by atoms with Crippen molar-refractivity contribution in [2.24, 2.45) is 0 Å². The molecule has 1 aliphatic carbocycles. The molecule has 1 saturated carbocycles. The molecule has 0 aliphatic heterocycles. The third-order valence-corrected chi connectivity index (χ3v) is 2.68. The number of nitrogens with zero attached hydrogens (tertiary/aromatic N) is 2. The van der Waals surface area contributed by atoms with Crippen molar-refractivity contribution in [2.75, 3.05) is 0 Å². The van der Waals surface area contributed by atoms with E-state index < -0.39 is 5.92 Å². The zero-order chi connectivity index (χ0) is 10.3. The molecule has 0 radical (unpaired) electrons. The van der Waals surface area contributed by atoms with Crippen molar-refractivity contribution < 1.29 is 8.78 Å². The molecular formula is C8H11F2N3S. The predicted molar refractivity (Wildman–Crippen MR) is 49.9 cm³/mol. The van der Waals surface area contributed by atoms with Gasteiger partial charge in [-0.1, -0.05) is 6.92 Å². The summed E-state index contributed by atoms with van der Waals surface area (Å²) in [4.78, 5) is 0. The first-order valence-corrected chi connectivity index (χ1v) is 5.02. The molecule has 1 fully saturated rings. The predicted octanol–water partition coefficient (Wildman–Crippen LogP) is 2.78. The van der Waals surface area contributed by atoms with Crippen LogP contribution in [0.25, 0.3) is 0 Å². The zero-order valence-electron chi connectivity index (χ0n) is 7.76. The van der Waals surface area contributed by atoms with Crippen LogP contribution in [0.2, 0.25) is 0 Å². The highest BCUT2D eigenvalue weighted by Crippen LogP contribution is 2.40. The van der Waals surface area contributed by atoms with E-state index in [1.807, 2.05) is 0 Å². The lowest BCUT2D eigenvalue weighted by atomic mass is 10.2. The van der Waals surface area contributed by atoms with Gasteiger partial charge in [0.05, 0.1) is 0 Å². The Labute approximate surface area is 85.1 Å². The number of nitrogens with one attached hydrogen (secondary N) is 1. The van der Waals surface area contributed by atoms with E-state index in [-0.39, 0.29) is 18.3 Å². The summed E-state index contributed by atoms with van der Waals surface area (Å²) in [6, 6.07) is 0.133. The van der Waals surface area contributed by atoms with E-state index >= 15 is 0 Å². The highest BCUT2D eigenvalue weighted by atomic mass is 32.1. The summed E-state index contributed by atoms with van der Waals surface area (Å²) in [6.45, 7) is 1.44. The average molecular weight is 219 g/mol. The SMILES string of the molecule is CCC(F)(F)c1n[nH]c(=S)n1C1CC1. The largest absolute Gasteiger partial charge is 0.306 e. The van der Waals surface area contributed by atoms with Crippen molar-refractivity contribution in [2.45, 2.75) is 38.2 Å². The summed E-state index contributed by atoms with van der Waals surface area (Å²) < 4.78 is 28.6. The van der Waals surface area contributed by atoms with Gasteiger partial charge in [0.1, 0.15) is 0 Å². The molecule has 0 aromatic carbocycles. The number of hydrogen-bond donors (Lipinski definition) is 1. The molecule has 0 saturated heterocycles. The number of alkyl halides is 2. The minimum atomic E-state index is -2.88. The molecule has 0 amide bonds. The third-order valence-electron chi connectivity index (χ3n) is 2.39. The highest BCUT2D eigenvalue weighted by molar-refractivity contribution is 7.71. The lowest BCUT2D eigenvalue weighted by Gasteiger charge is -2.13. The summed E-state index contributed by atoms with van der Waals surface area (Å²) in [5.41, 5.74) is 0. The second-order valence-corrected chi connectivity index (χ2v) is 3.90. The molecule has 0 bridgehead atoms. The number of H-pyrrole nitrogens is 1. The van der Waals surface area contributed by atoms with Gasteiger partial charge in [-0.25, -0.2) is 0 Å². The van der Waals surface area contributed by atoms with Crippen LogP contribution in [0.15, 0.2) is 0 Å². The maximum atomic E-state index is 13.4. The van der Waals surface area contributed by atoms with Crippen LogP contribution in [0.4, 0.5) is 8.78 Å². The molecular weight excluding hydrogens is 208 g/mol. The Balaban J connectivity index is 2.47. The van der Waals surface area contributed by atoms with E-state index in [1.54, 1.807) is 0 Å². The van der Waals surface area contributed by atoms with Crippen LogP contribution >= 0.6 is 12.2 Å². The van der Waals surface area contributed by atoms with Crippen molar-refractivity contribution in [3.63, 3.8) is 0 Å². The number of hydrogen-bond acceptors (Lipinski definition) is 2. The average Bonchev–Trinajstić information content (AvgIpc) is 2.90. The fourth-order valence-corrected chi connectivity index (χ4v) is 1.67. The second-order valence-electron chi connectivity index (χ2n) is 3.51. The van der Waals surface area contributed by atoms with Crippen LogP contribution in [-0.2, 0) is 5.92 Å². The van der Waals surface area contributed by atoms with E-state index in [2.05, 4.69) is 10.2 Å². The summed E-state index contributed by atoms with van der Waals surface area (Å²) in [5, 5.41) is 6.05. The number of halogens is 2. The quantitative estimate of drug-likeness (QED) is 0.793. The number of aromatic nitrogens is 3. The van der Waals surface area contributed by atoms with Crippen molar-refractivity contribution >= 4 is 12.2 Å². The van der Waals surface area contributed by atoms with E-state index in [1.165, 1.54) is 11.5 Å². The zero-order valence-corrected chi connectivity index (χ0v) is 8.57. The number of rotatable bonds is 3. The van der Waals surface area contributed by atoms with Gasteiger partial charge in [-0.15, -0.1) is 0 Å². The van der Waals surface area contributed by atoms with Gasteiger partial charge >= 0.3 is 5.92 Å². The van der Waals surface area contributed by atoms with Crippen LogP contribution < -0.4 is 0 Å². The Morgan fingerprint density at radius 2 is 2.29 bits per heavy atom. The molecule has 1 N–H and O–H groups in total. The lowest BCUT2D eigenvalue weighted by molar-refractivity contribution is -0.0214. The summed E-state index contributed by atoms with van der Waals surface area (Å²) in [7, 11) is 0. The Hall–Kier alpha value is -0.780. The summed E-state index contributed by atoms with van der Waals surface area (Å²) >= 11 is 4.92. The van der Waals surface area contributed by atoms with E-state index in [9.17, 15) is 8.78 Å². The van der Waals surface area contributed by atoms with Crippen molar-refractivity contribution in [3.05, 3.63) is 10.6 Å².